The molecule has 136 valence electrons. The number of hydrogen-bond donors (Lipinski definition) is 2. The average molecular weight is 344 g/mol. The Morgan fingerprint density at radius 3 is 3.08 bits per heavy atom. The fourth-order valence-electron chi connectivity index (χ4n) is 3.61. The molecule has 2 aromatic rings. The number of aliphatic hydroxyl groups excluding tert-OH is 1. The topological polar surface area (TPSA) is 70.4 Å². The summed E-state index contributed by atoms with van der Waals surface area (Å²) in [6.45, 7) is 4.94. The Bertz CT molecular complexity index is 700. The lowest BCUT2D eigenvalue weighted by atomic mass is 10.2. The van der Waals surface area contributed by atoms with Crippen LogP contribution in [0.2, 0.25) is 0 Å². The second-order valence-electron chi connectivity index (χ2n) is 6.83. The smallest absolute Gasteiger partial charge is 0.242 e. The number of unbranched alkanes of at least 4 members (excludes halogenated alkanes) is 1. The Labute approximate surface area is 148 Å². The third-order valence-electron chi connectivity index (χ3n) is 5.16. The van der Waals surface area contributed by atoms with E-state index in [2.05, 4.69) is 15.2 Å². The zero-order valence-electron chi connectivity index (χ0n) is 14.9. The molecule has 1 aliphatic heterocycles. The molecule has 1 fully saturated rings. The van der Waals surface area contributed by atoms with Gasteiger partial charge >= 0.3 is 0 Å². The molecule has 6 nitrogen and oxygen atoms in total. The second-order valence-corrected chi connectivity index (χ2v) is 6.83. The van der Waals surface area contributed by atoms with Crippen molar-refractivity contribution in [3.63, 3.8) is 0 Å². The fraction of sp³-hybridized carbons (Fsp3) is 0.579. The monoisotopic (exact) mass is 344 g/mol. The van der Waals surface area contributed by atoms with Gasteiger partial charge in [0.25, 0.3) is 0 Å². The number of fused-ring (bicyclic) bond motifs is 1. The first-order valence-corrected chi connectivity index (χ1v) is 9.25. The second kappa shape index (κ2) is 8.45. The minimum Gasteiger partial charge on any atom is -0.395 e. The van der Waals surface area contributed by atoms with Crippen LogP contribution in [-0.4, -0.2) is 57.7 Å². The van der Waals surface area contributed by atoms with Crippen LogP contribution in [0.5, 0.6) is 0 Å². The van der Waals surface area contributed by atoms with Crippen molar-refractivity contribution in [3.05, 3.63) is 30.6 Å². The summed E-state index contributed by atoms with van der Waals surface area (Å²) in [5.74, 6) is 0.0255. The maximum Gasteiger partial charge on any atom is 0.242 e. The fourth-order valence-corrected chi connectivity index (χ4v) is 3.61. The van der Waals surface area contributed by atoms with E-state index < -0.39 is 0 Å². The molecule has 0 radical (unpaired) electrons. The highest BCUT2D eigenvalue weighted by Crippen LogP contribution is 2.18. The Hall–Kier alpha value is -1.92. The number of carbonyl (C=O) groups excluding carboxylic acids is 1. The van der Waals surface area contributed by atoms with Gasteiger partial charge < -0.3 is 15.0 Å². The lowest BCUT2D eigenvalue weighted by molar-refractivity contribution is -0.123. The Morgan fingerprint density at radius 2 is 2.24 bits per heavy atom. The first-order chi connectivity index (χ1) is 12.2. The van der Waals surface area contributed by atoms with Gasteiger partial charge in [0.05, 0.1) is 24.0 Å². The number of amides is 1. The third kappa shape index (κ3) is 4.19. The van der Waals surface area contributed by atoms with Gasteiger partial charge in [-0.1, -0.05) is 12.1 Å². The number of carbonyl (C=O) groups is 1. The highest BCUT2D eigenvalue weighted by atomic mass is 16.3. The van der Waals surface area contributed by atoms with E-state index in [1.54, 1.807) is 6.33 Å². The predicted molar refractivity (Wildman–Crippen MR) is 98.4 cm³/mol. The van der Waals surface area contributed by atoms with Crippen LogP contribution in [0.15, 0.2) is 30.6 Å². The van der Waals surface area contributed by atoms with Crippen LogP contribution in [0.25, 0.3) is 11.0 Å². The molecule has 2 atom stereocenters. The molecule has 2 unspecified atom stereocenters. The summed E-state index contributed by atoms with van der Waals surface area (Å²) in [7, 11) is 0. The number of rotatable bonds is 8. The summed E-state index contributed by atoms with van der Waals surface area (Å²) >= 11 is 0. The number of hydrogen-bond acceptors (Lipinski definition) is 4. The van der Waals surface area contributed by atoms with Crippen molar-refractivity contribution >= 4 is 16.9 Å². The molecule has 25 heavy (non-hydrogen) atoms. The molecule has 1 amide bonds. The predicted octanol–water partition coefficient (Wildman–Crippen LogP) is 1.95. The van der Waals surface area contributed by atoms with Gasteiger partial charge in [0, 0.05) is 12.6 Å². The van der Waals surface area contributed by atoms with Crippen LogP contribution in [0.1, 0.15) is 38.6 Å². The lowest BCUT2D eigenvalue weighted by Gasteiger charge is -2.22. The molecule has 3 rings (SSSR count). The lowest BCUT2D eigenvalue weighted by Crippen LogP contribution is -2.34. The number of nitrogens with zero attached hydrogens (tertiary/aromatic N) is 3. The summed E-state index contributed by atoms with van der Waals surface area (Å²) in [4.78, 5) is 19.1. The van der Waals surface area contributed by atoms with Gasteiger partial charge in [0.2, 0.25) is 5.91 Å². The molecule has 0 aliphatic carbocycles. The number of imidazole rings is 1. The highest BCUT2D eigenvalue weighted by Gasteiger charge is 2.22. The summed E-state index contributed by atoms with van der Waals surface area (Å²) in [6, 6.07) is 7.91. The van der Waals surface area contributed by atoms with Crippen molar-refractivity contribution in [1.82, 2.24) is 19.8 Å². The number of para-hydroxylation sites is 2. The maximum atomic E-state index is 12.4. The van der Waals surface area contributed by atoms with Gasteiger partial charge in [-0.2, -0.15) is 0 Å². The molecule has 6 heteroatoms. The summed E-state index contributed by atoms with van der Waals surface area (Å²) < 4.78 is 1.92. The Kier molecular flexibility index (Phi) is 6.04. The molecular formula is C19H28N4O2. The molecule has 1 saturated heterocycles. The highest BCUT2D eigenvalue weighted by molar-refractivity contribution is 5.83. The number of aliphatic hydroxyl groups is 1. The number of benzene rings is 1. The van der Waals surface area contributed by atoms with Crippen LogP contribution in [0.3, 0.4) is 0 Å². The van der Waals surface area contributed by atoms with E-state index in [4.69, 9.17) is 0 Å². The summed E-state index contributed by atoms with van der Waals surface area (Å²) in [5.41, 5.74) is 1.89. The summed E-state index contributed by atoms with van der Waals surface area (Å²) in [5, 5.41) is 12.4. The molecule has 0 saturated carbocycles. The zero-order chi connectivity index (χ0) is 17.6. The molecule has 1 aliphatic rings. The van der Waals surface area contributed by atoms with Crippen molar-refractivity contribution in [2.75, 3.05) is 26.2 Å². The van der Waals surface area contributed by atoms with E-state index in [1.807, 2.05) is 35.8 Å². The number of likely N-dealkylation sites (tertiary alicyclic amines) is 1. The van der Waals surface area contributed by atoms with Gasteiger partial charge in [-0.05, 0) is 57.8 Å². The van der Waals surface area contributed by atoms with E-state index in [0.29, 0.717) is 12.6 Å². The van der Waals surface area contributed by atoms with Crippen molar-refractivity contribution in [2.45, 2.75) is 44.7 Å². The first-order valence-electron chi connectivity index (χ1n) is 9.25. The molecule has 1 aromatic carbocycles. The van der Waals surface area contributed by atoms with E-state index in [-0.39, 0.29) is 18.6 Å². The zero-order valence-corrected chi connectivity index (χ0v) is 14.9. The van der Waals surface area contributed by atoms with Gasteiger partial charge in [0.15, 0.2) is 0 Å². The minimum absolute atomic E-state index is 0.0255. The first kappa shape index (κ1) is 17.9. The minimum atomic E-state index is -0.273. The van der Waals surface area contributed by atoms with E-state index >= 15 is 0 Å². The molecule has 1 aromatic heterocycles. The largest absolute Gasteiger partial charge is 0.395 e. The summed E-state index contributed by atoms with van der Waals surface area (Å²) in [6.07, 6.45) is 6.01. The molecule has 0 spiro atoms. The van der Waals surface area contributed by atoms with E-state index in [1.165, 1.54) is 6.42 Å². The van der Waals surface area contributed by atoms with Gasteiger partial charge in [-0.25, -0.2) is 4.98 Å². The SMILES string of the molecule is CC(C(=O)NCCCCN1CCCC1CO)n1cnc2ccccc21. The van der Waals surface area contributed by atoms with E-state index in [0.717, 1.165) is 43.4 Å². The van der Waals surface area contributed by atoms with Crippen molar-refractivity contribution in [1.29, 1.82) is 0 Å². The van der Waals surface area contributed by atoms with Gasteiger partial charge in [0.1, 0.15) is 6.04 Å². The van der Waals surface area contributed by atoms with Crippen LogP contribution < -0.4 is 5.32 Å². The molecule has 0 bridgehead atoms. The maximum absolute atomic E-state index is 12.4. The Balaban J connectivity index is 1.42. The van der Waals surface area contributed by atoms with Crippen molar-refractivity contribution < 1.29 is 9.90 Å². The third-order valence-corrected chi connectivity index (χ3v) is 5.16. The number of aromatic nitrogens is 2. The van der Waals surface area contributed by atoms with Crippen LogP contribution in [0, 0.1) is 0 Å². The van der Waals surface area contributed by atoms with E-state index in [9.17, 15) is 9.90 Å². The van der Waals surface area contributed by atoms with Crippen molar-refractivity contribution in [3.8, 4) is 0 Å². The van der Waals surface area contributed by atoms with Crippen molar-refractivity contribution in [2.24, 2.45) is 0 Å². The normalized spacial score (nSPS) is 19.4. The van der Waals surface area contributed by atoms with Gasteiger partial charge in [-0.15, -0.1) is 0 Å². The average Bonchev–Trinajstić information content (AvgIpc) is 3.27. The molecule has 2 N–H and O–H groups in total. The molecular weight excluding hydrogens is 316 g/mol. The van der Waals surface area contributed by atoms with Crippen LogP contribution in [-0.2, 0) is 4.79 Å². The number of nitrogens with one attached hydrogen (secondary N) is 1. The molecule has 2 heterocycles. The Morgan fingerprint density at radius 1 is 1.40 bits per heavy atom. The van der Waals surface area contributed by atoms with Gasteiger partial charge in [-0.3, -0.25) is 9.69 Å². The van der Waals surface area contributed by atoms with Crippen LogP contribution >= 0.6 is 0 Å². The quantitative estimate of drug-likeness (QED) is 0.718. The standard InChI is InChI=1S/C19H28N4O2/c1-15(23-14-21-17-8-2-3-9-18(17)23)19(25)20-10-4-5-11-22-12-6-7-16(22)13-24/h2-3,8-9,14-16,24H,4-7,10-13H2,1H3,(H,20,25). The van der Waals surface area contributed by atoms with Crippen LogP contribution in [0.4, 0.5) is 0 Å².